The van der Waals surface area contributed by atoms with E-state index in [1.165, 1.54) is 18.5 Å². The Morgan fingerprint density at radius 2 is 2.12 bits per heavy atom. The first-order valence-electron chi connectivity index (χ1n) is 5.97. The van der Waals surface area contributed by atoms with Gasteiger partial charge in [0.1, 0.15) is 0 Å². The Balaban J connectivity index is 0.00000144. The molecule has 1 aromatic rings. The normalized spacial score (nSPS) is 19.2. The van der Waals surface area contributed by atoms with Crippen molar-refractivity contribution in [2.45, 2.75) is 19.4 Å². The van der Waals surface area contributed by atoms with Gasteiger partial charge in [-0.1, -0.05) is 23.7 Å². The molecule has 1 aliphatic rings. The van der Waals surface area contributed by atoms with E-state index < -0.39 is 0 Å². The quantitative estimate of drug-likeness (QED) is 0.892. The molecule has 1 fully saturated rings. The summed E-state index contributed by atoms with van der Waals surface area (Å²) < 4.78 is 0. The van der Waals surface area contributed by atoms with Crippen LogP contribution < -0.4 is 5.32 Å². The summed E-state index contributed by atoms with van der Waals surface area (Å²) >= 11 is 6.03. The van der Waals surface area contributed by atoms with E-state index in [2.05, 4.69) is 29.3 Å². The van der Waals surface area contributed by atoms with Gasteiger partial charge in [0.25, 0.3) is 0 Å². The van der Waals surface area contributed by atoms with Crippen LogP contribution in [0.15, 0.2) is 24.3 Å². The van der Waals surface area contributed by atoms with Crippen molar-refractivity contribution < 1.29 is 0 Å². The van der Waals surface area contributed by atoms with E-state index in [9.17, 15) is 0 Å². The number of rotatable bonds is 2. The monoisotopic (exact) mass is 274 g/mol. The van der Waals surface area contributed by atoms with Gasteiger partial charge in [-0.25, -0.2) is 0 Å². The van der Waals surface area contributed by atoms with Crippen LogP contribution in [0.4, 0.5) is 0 Å². The summed E-state index contributed by atoms with van der Waals surface area (Å²) in [4.78, 5) is 2.52. The molecule has 0 aromatic heterocycles. The molecule has 2 nitrogen and oxygen atoms in total. The second kappa shape index (κ2) is 7.22. The van der Waals surface area contributed by atoms with Crippen LogP contribution in [-0.4, -0.2) is 31.1 Å². The summed E-state index contributed by atoms with van der Waals surface area (Å²) in [5.41, 5.74) is 1.31. The summed E-state index contributed by atoms with van der Waals surface area (Å²) in [6.07, 6.45) is 1.23. The van der Waals surface area contributed by atoms with Gasteiger partial charge >= 0.3 is 0 Å². The van der Waals surface area contributed by atoms with Crippen LogP contribution in [0.2, 0.25) is 5.02 Å². The van der Waals surface area contributed by atoms with Gasteiger partial charge in [0.2, 0.25) is 0 Å². The zero-order chi connectivity index (χ0) is 11.4. The predicted octanol–water partition coefficient (Wildman–Crippen LogP) is 3.12. The van der Waals surface area contributed by atoms with Gasteiger partial charge in [0.15, 0.2) is 0 Å². The molecular formula is C13H20Cl2N2. The Morgan fingerprint density at radius 1 is 1.29 bits per heavy atom. The second-order valence-corrected chi connectivity index (χ2v) is 4.81. The molecule has 2 rings (SSSR count). The summed E-state index contributed by atoms with van der Waals surface area (Å²) in [5, 5.41) is 4.26. The van der Waals surface area contributed by atoms with Crippen LogP contribution in [-0.2, 0) is 0 Å². The predicted molar refractivity (Wildman–Crippen MR) is 76.2 cm³/mol. The van der Waals surface area contributed by atoms with Crippen molar-refractivity contribution in [3.63, 3.8) is 0 Å². The fourth-order valence-electron chi connectivity index (χ4n) is 2.23. The molecule has 1 aromatic carbocycles. The fraction of sp³-hybridized carbons (Fsp3) is 0.538. The van der Waals surface area contributed by atoms with Crippen molar-refractivity contribution >= 4 is 24.0 Å². The standard InChI is InChI=1S/C13H19ClN2.ClH/c1-11(12-4-2-5-13(14)10-12)16-8-3-6-15-7-9-16;/h2,4-5,10-11,15H,3,6-9H2,1H3;1H. The van der Waals surface area contributed by atoms with E-state index in [-0.39, 0.29) is 12.4 Å². The van der Waals surface area contributed by atoms with Crippen molar-refractivity contribution in [2.75, 3.05) is 26.2 Å². The highest BCUT2D eigenvalue weighted by Gasteiger charge is 2.16. The lowest BCUT2D eigenvalue weighted by Gasteiger charge is -2.27. The van der Waals surface area contributed by atoms with Crippen LogP contribution in [0.25, 0.3) is 0 Å². The van der Waals surface area contributed by atoms with Crippen molar-refractivity contribution in [1.29, 1.82) is 0 Å². The minimum Gasteiger partial charge on any atom is -0.315 e. The Bertz CT molecular complexity index is 336. The summed E-state index contributed by atoms with van der Waals surface area (Å²) in [6, 6.07) is 8.66. The van der Waals surface area contributed by atoms with Gasteiger partial charge in [0.05, 0.1) is 0 Å². The molecule has 0 bridgehead atoms. The summed E-state index contributed by atoms with van der Waals surface area (Å²) in [7, 11) is 0. The Hall–Kier alpha value is -0.280. The zero-order valence-electron chi connectivity index (χ0n) is 10.2. The maximum absolute atomic E-state index is 6.03. The Morgan fingerprint density at radius 3 is 2.88 bits per heavy atom. The van der Waals surface area contributed by atoms with Crippen LogP contribution in [0.3, 0.4) is 0 Å². The lowest BCUT2D eigenvalue weighted by Crippen LogP contribution is -2.30. The first-order chi connectivity index (χ1) is 7.77. The van der Waals surface area contributed by atoms with Gasteiger partial charge < -0.3 is 5.32 Å². The molecule has 17 heavy (non-hydrogen) atoms. The average Bonchev–Trinajstić information content (AvgIpc) is 2.56. The number of nitrogens with one attached hydrogen (secondary N) is 1. The largest absolute Gasteiger partial charge is 0.315 e. The number of nitrogens with zero attached hydrogens (tertiary/aromatic N) is 1. The first kappa shape index (κ1) is 14.8. The van der Waals surface area contributed by atoms with Gasteiger partial charge in [-0.15, -0.1) is 12.4 Å². The Kier molecular flexibility index (Phi) is 6.28. The van der Waals surface area contributed by atoms with Crippen molar-refractivity contribution in [1.82, 2.24) is 10.2 Å². The van der Waals surface area contributed by atoms with Crippen LogP contribution in [0, 0.1) is 0 Å². The van der Waals surface area contributed by atoms with E-state index in [0.29, 0.717) is 6.04 Å². The van der Waals surface area contributed by atoms with Crippen LogP contribution >= 0.6 is 24.0 Å². The van der Waals surface area contributed by atoms with Crippen LogP contribution in [0.1, 0.15) is 24.9 Å². The van der Waals surface area contributed by atoms with Crippen molar-refractivity contribution in [3.8, 4) is 0 Å². The van der Waals surface area contributed by atoms with Crippen LogP contribution in [0.5, 0.6) is 0 Å². The van der Waals surface area contributed by atoms with Gasteiger partial charge in [-0.2, -0.15) is 0 Å². The number of halogens is 2. The lowest BCUT2D eigenvalue weighted by molar-refractivity contribution is 0.225. The molecule has 1 saturated heterocycles. The van der Waals surface area contributed by atoms with E-state index >= 15 is 0 Å². The maximum Gasteiger partial charge on any atom is 0.0409 e. The topological polar surface area (TPSA) is 15.3 Å². The highest BCUT2D eigenvalue weighted by atomic mass is 35.5. The first-order valence-corrected chi connectivity index (χ1v) is 6.35. The van der Waals surface area contributed by atoms with E-state index in [1.807, 2.05) is 12.1 Å². The van der Waals surface area contributed by atoms with Gasteiger partial charge in [0, 0.05) is 24.2 Å². The molecule has 0 spiro atoms. The van der Waals surface area contributed by atoms with E-state index in [4.69, 9.17) is 11.6 Å². The molecule has 1 heterocycles. The minimum atomic E-state index is 0. The summed E-state index contributed by atoms with van der Waals surface area (Å²) in [5.74, 6) is 0. The molecule has 96 valence electrons. The average molecular weight is 275 g/mol. The molecule has 1 aliphatic heterocycles. The number of hydrogen-bond donors (Lipinski definition) is 1. The smallest absolute Gasteiger partial charge is 0.0409 e. The third-order valence-corrected chi connectivity index (χ3v) is 3.49. The number of benzene rings is 1. The zero-order valence-corrected chi connectivity index (χ0v) is 11.7. The third-order valence-electron chi connectivity index (χ3n) is 3.25. The molecule has 0 aliphatic carbocycles. The molecule has 1 unspecified atom stereocenters. The van der Waals surface area contributed by atoms with Gasteiger partial charge in [-0.05, 0) is 44.1 Å². The van der Waals surface area contributed by atoms with E-state index in [1.54, 1.807) is 0 Å². The lowest BCUT2D eigenvalue weighted by atomic mass is 10.1. The summed E-state index contributed by atoms with van der Waals surface area (Å²) in [6.45, 7) is 6.77. The minimum absolute atomic E-state index is 0. The maximum atomic E-state index is 6.03. The molecule has 0 amide bonds. The molecule has 4 heteroatoms. The van der Waals surface area contributed by atoms with Gasteiger partial charge in [-0.3, -0.25) is 4.90 Å². The SMILES string of the molecule is CC(c1cccc(Cl)c1)N1CCCNCC1.Cl. The fourth-order valence-corrected chi connectivity index (χ4v) is 2.43. The highest BCUT2D eigenvalue weighted by Crippen LogP contribution is 2.23. The molecule has 1 atom stereocenters. The molecule has 0 saturated carbocycles. The van der Waals surface area contributed by atoms with E-state index in [0.717, 1.165) is 24.7 Å². The van der Waals surface area contributed by atoms with Crippen molar-refractivity contribution in [3.05, 3.63) is 34.9 Å². The molecule has 1 N–H and O–H groups in total. The third kappa shape index (κ3) is 4.14. The number of hydrogen-bond acceptors (Lipinski definition) is 2. The Labute approximate surface area is 115 Å². The molecular weight excluding hydrogens is 255 g/mol. The second-order valence-electron chi connectivity index (χ2n) is 4.37. The highest BCUT2D eigenvalue weighted by molar-refractivity contribution is 6.30. The van der Waals surface area contributed by atoms with Crippen molar-refractivity contribution in [2.24, 2.45) is 0 Å². The molecule has 0 radical (unpaired) electrons.